The normalized spacial score (nSPS) is 14.7. The van der Waals surface area contributed by atoms with E-state index in [9.17, 15) is 19.1 Å². The summed E-state index contributed by atoms with van der Waals surface area (Å²) in [6, 6.07) is 10.5. The number of phenolic OH excluding ortho intramolecular Hbond substituents is 1. The second-order valence-electron chi connectivity index (χ2n) is 5.79. The first-order valence-electron chi connectivity index (χ1n) is 7.74. The number of carbonyl (C=O) groups is 2. The van der Waals surface area contributed by atoms with E-state index in [0.29, 0.717) is 23.7 Å². The van der Waals surface area contributed by atoms with Crippen molar-refractivity contribution in [1.29, 1.82) is 0 Å². The molecule has 2 aromatic rings. The number of nitrogens with zero attached hydrogens (tertiary/aromatic N) is 2. The van der Waals surface area contributed by atoms with Gasteiger partial charge >= 0.3 is 0 Å². The molecule has 25 heavy (non-hydrogen) atoms. The number of benzene rings is 2. The molecule has 1 heterocycles. The van der Waals surface area contributed by atoms with Gasteiger partial charge in [-0.05, 0) is 24.3 Å². The number of rotatable bonds is 3. The van der Waals surface area contributed by atoms with Gasteiger partial charge in [0.15, 0.2) is 0 Å². The first-order valence-corrected chi connectivity index (χ1v) is 8.12. The molecule has 1 saturated heterocycles. The van der Waals surface area contributed by atoms with E-state index >= 15 is 0 Å². The van der Waals surface area contributed by atoms with Gasteiger partial charge in [-0.15, -0.1) is 0 Å². The number of aromatic hydroxyl groups is 1. The van der Waals surface area contributed by atoms with Crippen molar-refractivity contribution in [3.8, 4) is 5.75 Å². The number of phenols is 1. The van der Waals surface area contributed by atoms with Crippen molar-refractivity contribution in [3.05, 3.63) is 64.4 Å². The van der Waals surface area contributed by atoms with E-state index in [1.54, 1.807) is 18.2 Å². The van der Waals surface area contributed by atoms with Gasteiger partial charge in [0.2, 0.25) is 5.91 Å². The Morgan fingerprint density at radius 2 is 1.96 bits per heavy atom. The van der Waals surface area contributed by atoms with Crippen LogP contribution in [0.5, 0.6) is 5.75 Å². The van der Waals surface area contributed by atoms with E-state index in [4.69, 9.17) is 11.6 Å². The first-order chi connectivity index (χ1) is 12.0. The van der Waals surface area contributed by atoms with Crippen molar-refractivity contribution in [2.45, 2.75) is 6.54 Å². The molecule has 0 bridgehead atoms. The Hall–Kier alpha value is -2.60. The van der Waals surface area contributed by atoms with Crippen LogP contribution in [0.2, 0.25) is 5.02 Å². The lowest BCUT2D eigenvalue weighted by Crippen LogP contribution is -2.51. The molecule has 7 heteroatoms. The summed E-state index contributed by atoms with van der Waals surface area (Å²) >= 11 is 5.76. The van der Waals surface area contributed by atoms with Crippen molar-refractivity contribution in [3.63, 3.8) is 0 Å². The lowest BCUT2D eigenvalue weighted by atomic mass is 10.1. The highest BCUT2D eigenvalue weighted by Gasteiger charge is 2.29. The predicted molar refractivity (Wildman–Crippen MR) is 90.8 cm³/mol. The summed E-state index contributed by atoms with van der Waals surface area (Å²) in [6.07, 6.45) is 0. The van der Waals surface area contributed by atoms with Gasteiger partial charge in [0, 0.05) is 30.2 Å². The molecule has 0 spiro atoms. The number of amides is 2. The van der Waals surface area contributed by atoms with Crippen LogP contribution in [0.25, 0.3) is 0 Å². The zero-order valence-electron chi connectivity index (χ0n) is 13.3. The minimum atomic E-state index is -0.437. The Labute approximate surface area is 149 Å². The van der Waals surface area contributed by atoms with Gasteiger partial charge in [-0.2, -0.15) is 0 Å². The van der Waals surface area contributed by atoms with E-state index < -0.39 is 5.91 Å². The fraction of sp³-hybridized carbons (Fsp3) is 0.222. The quantitative estimate of drug-likeness (QED) is 0.913. The molecule has 5 nitrogen and oxygen atoms in total. The number of hydrogen-bond acceptors (Lipinski definition) is 3. The Morgan fingerprint density at radius 3 is 2.64 bits per heavy atom. The molecule has 1 fully saturated rings. The summed E-state index contributed by atoms with van der Waals surface area (Å²) < 4.78 is 13.7. The Morgan fingerprint density at radius 1 is 1.20 bits per heavy atom. The van der Waals surface area contributed by atoms with E-state index in [1.165, 1.54) is 34.1 Å². The largest absolute Gasteiger partial charge is 0.507 e. The molecular weight excluding hydrogens is 347 g/mol. The molecule has 0 radical (unpaired) electrons. The maximum absolute atomic E-state index is 13.7. The maximum atomic E-state index is 13.7. The van der Waals surface area contributed by atoms with Gasteiger partial charge in [-0.1, -0.05) is 29.8 Å². The van der Waals surface area contributed by atoms with Crippen LogP contribution in [-0.2, 0) is 11.3 Å². The lowest BCUT2D eigenvalue weighted by molar-refractivity contribution is -0.135. The highest BCUT2D eigenvalue weighted by molar-refractivity contribution is 6.30. The second-order valence-corrected chi connectivity index (χ2v) is 6.23. The van der Waals surface area contributed by atoms with E-state index in [-0.39, 0.29) is 36.1 Å². The third kappa shape index (κ3) is 3.74. The SMILES string of the molecule is O=C1CN(C(=O)c2ccc(Cl)cc2O)CCN1Cc1ccccc1F. The second kappa shape index (κ2) is 7.11. The van der Waals surface area contributed by atoms with Crippen LogP contribution in [0, 0.1) is 5.82 Å². The van der Waals surface area contributed by atoms with E-state index in [2.05, 4.69) is 0 Å². The summed E-state index contributed by atoms with van der Waals surface area (Å²) in [4.78, 5) is 27.7. The van der Waals surface area contributed by atoms with E-state index in [1.807, 2.05) is 0 Å². The number of carbonyl (C=O) groups excluding carboxylic acids is 2. The average Bonchev–Trinajstić information content (AvgIpc) is 2.58. The van der Waals surface area contributed by atoms with Crippen molar-refractivity contribution in [1.82, 2.24) is 9.80 Å². The van der Waals surface area contributed by atoms with Crippen LogP contribution in [-0.4, -0.2) is 46.4 Å². The molecule has 130 valence electrons. The minimum Gasteiger partial charge on any atom is -0.507 e. The highest BCUT2D eigenvalue weighted by Crippen LogP contribution is 2.24. The molecule has 1 aliphatic heterocycles. The van der Waals surface area contributed by atoms with Gasteiger partial charge in [0.25, 0.3) is 5.91 Å². The smallest absolute Gasteiger partial charge is 0.258 e. The van der Waals surface area contributed by atoms with Gasteiger partial charge in [-0.25, -0.2) is 4.39 Å². The van der Waals surface area contributed by atoms with Gasteiger partial charge < -0.3 is 14.9 Å². The summed E-state index contributed by atoms with van der Waals surface area (Å²) in [5, 5.41) is 10.2. The molecular formula is C18H16ClFN2O3. The van der Waals surface area contributed by atoms with Crippen molar-refractivity contribution in [2.75, 3.05) is 19.6 Å². The standard InChI is InChI=1S/C18H16ClFN2O3/c19-13-5-6-14(16(23)9-13)18(25)22-8-7-21(17(24)11-22)10-12-3-1-2-4-15(12)20/h1-6,9,23H,7-8,10-11H2. The highest BCUT2D eigenvalue weighted by atomic mass is 35.5. The summed E-state index contributed by atoms with van der Waals surface area (Å²) in [5.41, 5.74) is 0.533. The summed E-state index contributed by atoms with van der Waals surface area (Å²) in [7, 11) is 0. The van der Waals surface area contributed by atoms with Crippen molar-refractivity contribution >= 4 is 23.4 Å². The molecule has 2 amide bonds. The summed E-state index contributed by atoms with van der Waals surface area (Å²) in [6.45, 7) is 0.656. The number of hydrogen-bond donors (Lipinski definition) is 1. The topological polar surface area (TPSA) is 60.9 Å². The van der Waals surface area contributed by atoms with Gasteiger partial charge in [0.1, 0.15) is 18.1 Å². The Kier molecular flexibility index (Phi) is 4.90. The fourth-order valence-electron chi connectivity index (χ4n) is 2.74. The van der Waals surface area contributed by atoms with Crippen LogP contribution >= 0.6 is 11.6 Å². The zero-order chi connectivity index (χ0) is 18.0. The molecule has 0 aliphatic carbocycles. The van der Waals surface area contributed by atoms with Crippen molar-refractivity contribution in [2.24, 2.45) is 0 Å². The molecule has 1 N–H and O–H groups in total. The van der Waals surface area contributed by atoms with Crippen LogP contribution in [0.15, 0.2) is 42.5 Å². The predicted octanol–water partition coefficient (Wildman–Crippen LogP) is 2.67. The fourth-order valence-corrected chi connectivity index (χ4v) is 2.90. The number of piperazine rings is 1. The van der Waals surface area contributed by atoms with E-state index in [0.717, 1.165) is 0 Å². The molecule has 2 aromatic carbocycles. The van der Waals surface area contributed by atoms with Crippen LogP contribution in [0.4, 0.5) is 4.39 Å². The third-order valence-electron chi connectivity index (χ3n) is 4.12. The minimum absolute atomic E-state index is 0.0970. The van der Waals surface area contributed by atoms with Gasteiger partial charge in [0.05, 0.1) is 5.56 Å². The van der Waals surface area contributed by atoms with Crippen LogP contribution in [0.3, 0.4) is 0 Å². The monoisotopic (exact) mass is 362 g/mol. The average molecular weight is 363 g/mol. The van der Waals surface area contributed by atoms with Crippen LogP contribution < -0.4 is 0 Å². The molecule has 0 atom stereocenters. The summed E-state index contributed by atoms with van der Waals surface area (Å²) in [5.74, 6) is -1.29. The Balaban J connectivity index is 1.68. The number of halogens is 2. The Bertz CT molecular complexity index is 828. The zero-order valence-corrected chi connectivity index (χ0v) is 14.0. The molecule has 0 saturated carbocycles. The third-order valence-corrected chi connectivity index (χ3v) is 4.35. The lowest BCUT2D eigenvalue weighted by Gasteiger charge is -2.34. The molecule has 3 rings (SSSR count). The van der Waals surface area contributed by atoms with Crippen molar-refractivity contribution < 1.29 is 19.1 Å². The molecule has 1 aliphatic rings. The van der Waals surface area contributed by atoms with Crippen LogP contribution in [0.1, 0.15) is 15.9 Å². The molecule has 0 unspecified atom stereocenters. The van der Waals surface area contributed by atoms with Gasteiger partial charge in [-0.3, -0.25) is 9.59 Å². The first kappa shape index (κ1) is 17.2. The maximum Gasteiger partial charge on any atom is 0.258 e. The molecule has 0 aromatic heterocycles.